The van der Waals surface area contributed by atoms with Crippen LogP contribution in [0.15, 0.2) is 59.7 Å². The number of benzene rings is 2. The van der Waals surface area contributed by atoms with E-state index in [4.69, 9.17) is 4.74 Å². The molecule has 3 aromatic rings. The lowest BCUT2D eigenvalue weighted by molar-refractivity contribution is -0.137. The number of H-pyrrole nitrogens is 1. The lowest BCUT2D eigenvalue weighted by Gasteiger charge is -2.05. The number of carbonyl (C=O) groups is 1. The van der Waals surface area contributed by atoms with E-state index >= 15 is 0 Å². The van der Waals surface area contributed by atoms with Crippen LogP contribution in [-0.4, -0.2) is 29.4 Å². The molecule has 0 aliphatic rings. The molecule has 144 valence electrons. The SMILES string of the molecule is COc1ccc(-c2cc(C(=O)N/N=C/c3ccc(C(F)(F)F)cc3)[nH]n2)cc1. The van der Waals surface area contributed by atoms with Crippen LogP contribution in [0.3, 0.4) is 0 Å². The smallest absolute Gasteiger partial charge is 0.416 e. The van der Waals surface area contributed by atoms with E-state index < -0.39 is 17.6 Å². The normalized spacial score (nSPS) is 11.6. The summed E-state index contributed by atoms with van der Waals surface area (Å²) in [5.41, 5.74) is 3.51. The number of halogens is 3. The van der Waals surface area contributed by atoms with Crippen molar-refractivity contribution in [3.8, 4) is 17.0 Å². The van der Waals surface area contributed by atoms with Gasteiger partial charge in [0.25, 0.3) is 5.91 Å². The predicted octanol–water partition coefficient (Wildman–Crippen LogP) is 3.87. The van der Waals surface area contributed by atoms with Gasteiger partial charge in [0.1, 0.15) is 11.4 Å². The van der Waals surface area contributed by atoms with Gasteiger partial charge in [0.2, 0.25) is 0 Å². The molecule has 0 atom stereocenters. The van der Waals surface area contributed by atoms with Gasteiger partial charge in [-0.3, -0.25) is 9.89 Å². The fourth-order valence-electron chi connectivity index (χ4n) is 2.33. The van der Waals surface area contributed by atoms with Crippen molar-refractivity contribution >= 4 is 12.1 Å². The van der Waals surface area contributed by atoms with E-state index in [-0.39, 0.29) is 5.69 Å². The molecule has 0 unspecified atom stereocenters. The van der Waals surface area contributed by atoms with E-state index in [9.17, 15) is 18.0 Å². The molecule has 0 saturated carbocycles. The topological polar surface area (TPSA) is 79.4 Å². The average Bonchev–Trinajstić information content (AvgIpc) is 3.18. The average molecular weight is 388 g/mol. The molecule has 1 heterocycles. The van der Waals surface area contributed by atoms with Crippen LogP contribution in [0.5, 0.6) is 5.75 Å². The van der Waals surface area contributed by atoms with Gasteiger partial charge in [-0.2, -0.15) is 23.4 Å². The Morgan fingerprint density at radius 2 is 1.82 bits per heavy atom. The number of hydrogen-bond acceptors (Lipinski definition) is 4. The Labute approximate surface area is 158 Å². The number of rotatable bonds is 5. The van der Waals surface area contributed by atoms with Gasteiger partial charge in [0.15, 0.2) is 0 Å². The largest absolute Gasteiger partial charge is 0.497 e. The Morgan fingerprint density at radius 3 is 2.43 bits per heavy atom. The number of aromatic amines is 1. The number of nitrogens with zero attached hydrogens (tertiary/aromatic N) is 2. The van der Waals surface area contributed by atoms with Crippen molar-refractivity contribution in [2.75, 3.05) is 7.11 Å². The van der Waals surface area contributed by atoms with Crippen molar-refractivity contribution in [2.45, 2.75) is 6.18 Å². The van der Waals surface area contributed by atoms with Crippen molar-refractivity contribution in [1.29, 1.82) is 0 Å². The Hall–Kier alpha value is -3.62. The molecular weight excluding hydrogens is 373 g/mol. The zero-order chi connectivity index (χ0) is 20.1. The van der Waals surface area contributed by atoms with Crippen LogP contribution in [0.4, 0.5) is 13.2 Å². The van der Waals surface area contributed by atoms with Crippen molar-refractivity contribution in [3.63, 3.8) is 0 Å². The van der Waals surface area contributed by atoms with E-state index in [1.165, 1.54) is 18.3 Å². The van der Waals surface area contributed by atoms with E-state index in [0.29, 0.717) is 17.0 Å². The van der Waals surface area contributed by atoms with Gasteiger partial charge < -0.3 is 4.74 Å². The lowest BCUT2D eigenvalue weighted by atomic mass is 10.1. The number of carbonyl (C=O) groups excluding carboxylic acids is 1. The quantitative estimate of drug-likeness (QED) is 0.514. The third-order valence-electron chi connectivity index (χ3n) is 3.83. The highest BCUT2D eigenvalue weighted by atomic mass is 19.4. The van der Waals surface area contributed by atoms with Gasteiger partial charge in [-0.15, -0.1) is 0 Å². The monoisotopic (exact) mass is 388 g/mol. The van der Waals surface area contributed by atoms with Gasteiger partial charge in [-0.05, 0) is 48.0 Å². The Bertz CT molecular complexity index is 978. The predicted molar refractivity (Wildman–Crippen MR) is 97.1 cm³/mol. The van der Waals surface area contributed by atoms with Crippen LogP contribution in [0.2, 0.25) is 0 Å². The van der Waals surface area contributed by atoms with Crippen LogP contribution in [0, 0.1) is 0 Å². The van der Waals surface area contributed by atoms with Crippen molar-refractivity contribution in [3.05, 3.63) is 71.4 Å². The fourth-order valence-corrected chi connectivity index (χ4v) is 2.33. The van der Waals surface area contributed by atoms with E-state index in [2.05, 4.69) is 20.7 Å². The molecule has 1 aromatic heterocycles. The van der Waals surface area contributed by atoms with Crippen molar-refractivity contribution < 1.29 is 22.7 Å². The summed E-state index contributed by atoms with van der Waals surface area (Å²) in [6, 6.07) is 13.1. The number of ether oxygens (including phenoxy) is 1. The minimum atomic E-state index is -4.40. The highest BCUT2D eigenvalue weighted by Crippen LogP contribution is 2.28. The van der Waals surface area contributed by atoms with Gasteiger partial charge in [0, 0.05) is 5.56 Å². The highest BCUT2D eigenvalue weighted by Gasteiger charge is 2.29. The molecule has 6 nitrogen and oxygen atoms in total. The molecule has 2 N–H and O–H groups in total. The molecule has 0 saturated heterocycles. The number of methoxy groups -OCH3 is 1. The third-order valence-corrected chi connectivity index (χ3v) is 3.83. The second-order valence-corrected chi connectivity index (χ2v) is 5.71. The summed E-state index contributed by atoms with van der Waals surface area (Å²) in [5, 5.41) is 10.4. The maximum absolute atomic E-state index is 12.5. The van der Waals surface area contributed by atoms with Gasteiger partial charge in [0.05, 0.1) is 24.6 Å². The van der Waals surface area contributed by atoms with Crippen LogP contribution in [0.25, 0.3) is 11.3 Å². The zero-order valence-corrected chi connectivity index (χ0v) is 14.6. The molecule has 0 aliphatic heterocycles. The van der Waals surface area contributed by atoms with E-state index in [1.807, 2.05) is 0 Å². The summed E-state index contributed by atoms with van der Waals surface area (Å²) in [4.78, 5) is 12.1. The first-order chi connectivity index (χ1) is 13.4. The second kappa shape index (κ2) is 7.95. The van der Waals surface area contributed by atoms with Crippen LogP contribution in [-0.2, 0) is 6.18 Å². The molecule has 0 radical (unpaired) electrons. The summed E-state index contributed by atoms with van der Waals surface area (Å²) in [6.45, 7) is 0. The molecule has 3 rings (SSSR count). The molecule has 0 aliphatic carbocycles. The van der Waals surface area contributed by atoms with E-state index in [1.54, 1.807) is 37.4 Å². The van der Waals surface area contributed by atoms with Crippen LogP contribution < -0.4 is 10.2 Å². The summed E-state index contributed by atoms with van der Waals surface area (Å²) < 4.78 is 42.7. The van der Waals surface area contributed by atoms with E-state index in [0.717, 1.165) is 17.7 Å². The molecule has 0 bridgehead atoms. The van der Waals surface area contributed by atoms with Gasteiger partial charge >= 0.3 is 6.18 Å². The minimum absolute atomic E-state index is 0.190. The lowest BCUT2D eigenvalue weighted by Crippen LogP contribution is -2.18. The second-order valence-electron chi connectivity index (χ2n) is 5.71. The summed E-state index contributed by atoms with van der Waals surface area (Å²) in [6.07, 6.45) is -3.15. The standard InChI is InChI=1S/C19H15F3N4O2/c1-28-15-8-4-13(5-9-15)16-10-17(25-24-16)18(27)26-23-11-12-2-6-14(7-3-12)19(20,21)22/h2-11H,1H3,(H,24,25)(H,26,27)/b23-11+. The molecule has 0 fully saturated rings. The molecule has 0 spiro atoms. The summed E-state index contributed by atoms with van der Waals surface area (Å²) in [5.74, 6) is 0.172. The zero-order valence-electron chi connectivity index (χ0n) is 14.6. The highest BCUT2D eigenvalue weighted by molar-refractivity contribution is 5.94. The van der Waals surface area contributed by atoms with Gasteiger partial charge in [-0.1, -0.05) is 12.1 Å². The first-order valence-electron chi connectivity index (χ1n) is 8.07. The summed E-state index contributed by atoms with van der Waals surface area (Å²) >= 11 is 0. The van der Waals surface area contributed by atoms with Crippen molar-refractivity contribution in [2.24, 2.45) is 5.10 Å². The Morgan fingerprint density at radius 1 is 1.14 bits per heavy atom. The molecule has 9 heteroatoms. The first kappa shape index (κ1) is 19.2. The molecule has 1 amide bonds. The molecule has 2 aromatic carbocycles. The number of amides is 1. The van der Waals surface area contributed by atoms with Crippen LogP contribution in [0.1, 0.15) is 21.6 Å². The maximum Gasteiger partial charge on any atom is 0.416 e. The Kier molecular flexibility index (Phi) is 5.44. The number of hydrazone groups is 1. The Balaban J connectivity index is 1.62. The summed E-state index contributed by atoms with van der Waals surface area (Å²) in [7, 11) is 1.57. The van der Waals surface area contributed by atoms with Gasteiger partial charge in [-0.25, -0.2) is 5.43 Å². The van der Waals surface area contributed by atoms with Crippen molar-refractivity contribution in [1.82, 2.24) is 15.6 Å². The molecular formula is C19H15F3N4O2. The molecule has 28 heavy (non-hydrogen) atoms. The number of alkyl halides is 3. The third kappa shape index (κ3) is 4.56. The number of aromatic nitrogens is 2. The maximum atomic E-state index is 12.5. The number of nitrogens with one attached hydrogen (secondary N) is 2. The number of hydrogen-bond donors (Lipinski definition) is 2. The fraction of sp³-hybridized carbons (Fsp3) is 0.105. The minimum Gasteiger partial charge on any atom is -0.497 e. The van der Waals surface area contributed by atoms with Crippen LogP contribution >= 0.6 is 0 Å². The first-order valence-corrected chi connectivity index (χ1v) is 8.07.